The Bertz CT molecular complexity index is 526. The molecule has 0 bridgehead atoms. The second-order valence-electron chi connectivity index (χ2n) is 3.81. The van der Waals surface area contributed by atoms with E-state index in [1.165, 1.54) is 6.07 Å². The molecule has 18 heavy (non-hydrogen) atoms. The van der Waals surface area contributed by atoms with Gasteiger partial charge in [-0.1, -0.05) is 18.2 Å². The zero-order valence-electron chi connectivity index (χ0n) is 9.83. The molecule has 0 amide bonds. The molecule has 1 rings (SSSR count). The second-order valence-corrected chi connectivity index (χ2v) is 5.54. The predicted octanol–water partition coefficient (Wildman–Crippen LogP) is 0.109. The first-order valence-electron chi connectivity index (χ1n) is 5.31. The van der Waals surface area contributed by atoms with Crippen LogP contribution in [-0.2, 0) is 14.8 Å². The summed E-state index contributed by atoms with van der Waals surface area (Å²) in [6, 6.07) is 6.46. The van der Waals surface area contributed by atoms with E-state index in [0.29, 0.717) is 5.56 Å². The summed E-state index contributed by atoms with van der Waals surface area (Å²) in [5.41, 5.74) is 0.601. The highest BCUT2D eigenvalue weighted by atomic mass is 32.2. The summed E-state index contributed by atoms with van der Waals surface area (Å²) in [5, 5.41) is 17.5. The number of rotatable bonds is 6. The van der Waals surface area contributed by atoms with Gasteiger partial charge in [0.05, 0.1) is 4.90 Å². The molecule has 1 aromatic rings. The van der Waals surface area contributed by atoms with Crippen LogP contribution in [0.3, 0.4) is 0 Å². The van der Waals surface area contributed by atoms with E-state index in [4.69, 9.17) is 10.2 Å². The molecule has 1 aromatic carbocycles. The van der Waals surface area contributed by atoms with Crippen molar-refractivity contribution in [3.63, 3.8) is 0 Å². The molecule has 1 atom stereocenters. The summed E-state index contributed by atoms with van der Waals surface area (Å²) >= 11 is 0. The van der Waals surface area contributed by atoms with E-state index in [9.17, 15) is 13.2 Å². The zero-order valence-corrected chi connectivity index (χ0v) is 10.6. The molecule has 0 saturated carbocycles. The minimum absolute atomic E-state index is 0.135. The van der Waals surface area contributed by atoms with Gasteiger partial charge in [-0.15, -0.1) is 0 Å². The topological polar surface area (TPSA) is 104 Å². The lowest BCUT2D eigenvalue weighted by molar-refractivity contribution is -0.146. The second kappa shape index (κ2) is 5.94. The molecular formula is C11H15NO5S. The minimum Gasteiger partial charge on any atom is -0.479 e. The SMILES string of the molecule is Cc1ccccc1S(=O)(=O)NCC[C@H](O)C(=O)O. The molecule has 0 saturated heterocycles. The number of hydrogen-bond donors (Lipinski definition) is 3. The van der Waals surface area contributed by atoms with Crippen molar-refractivity contribution in [1.82, 2.24) is 4.72 Å². The van der Waals surface area contributed by atoms with E-state index in [-0.39, 0.29) is 17.9 Å². The van der Waals surface area contributed by atoms with E-state index in [1.54, 1.807) is 25.1 Å². The van der Waals surface area contributed by atoms with E-state index in [1.807, 2.05) is 0 Å². The van der Waals surface area contributed by atoms with Crippen LogP contribution < -0.4 is 4.72 Å². The highest BCUT2D eigenvalue weighted by Gasteiger charge is 2.18. The van der Waals surface area contributed by atoms with Gasteiger partial charge in [0.2, 0.25) is 10.0 Å². The van der Waals surface area contributed by atoms with Crippen LogP contribution in [0.15, 0.2) is 29.2 Å². The van der Waals surface area contributed by atoms with Gasteiger partial charge in [0.15, 0.2) is 6.10 Å². The van der Waals surface area contributed by atoms with Gasteiger partial charge in [-0.2, -0.15) is 0 Å². The van der Waals surface area contributed by atoms with Crippen molar-refractivity contribution in [3.05, 3.63) is 29.8 Å². The molecule has 0 unspecified atom stereocenters. The lowest BCUT2D eigenvalue weighted by atomic mass is 10.2. The van der Waals surface area contributed by atoms with Crippen molar-refractivity contribution in [1.29, 1.82) is 0 Å². The third kappa shape index (κ3) is 3.80. The Morgan fingerprint density at radius 1 is 1.39 bits per heavy atom. The molecule has 0 aliphatic heterocycles. The molecule has 0 fully saturated rings. The van der Waals surface area contributed by atoms with Crippen LogP contribution in [0, 0.1) is 6.92 Å². The summed E-state index contributed by atoms with van der Waals surface area (Å²) in [6.45, 7) is 1.53. The number of hydrogen-bond acceptors (Lipinski definition) is 4. The predicted molar refractivity (Wildman–Crippen MR) is 64.6 cm³/mol. The number of aliphatic hydroxyl groups is 1. The first-order valence-corrected chi connectivity index (χ1v) is 6.79. The summed E-state index contributed by atoms with van der Waals surface area (Å²) in [6.07, 6.45) is -1.75. The van der Waals surface area contributed by atoms with E-state index < -0.39 is 22.1 Å². The zero-order chi connectivity index (χ0) is 13.8. The number of aryl methyl sites for hydroxylation is 1. The fraction of sp³-hybridized carbons (Fsp3) is 0.364. The Kier molecular flexibility index (Phi) is 4.83. The van der Waals surface area contributed by atoms with Crippen molar-refractivity contribution in [3.8, 4) is 0 Å². The molecule has 0 spiro atoms. The van der Waals surface area contributed by atoms with Gasteiger partial charge >= 0.3 is 5.97 Å². The summed E-state index contributed by atoms with van der Waals surface area (Å²) in [4.78, 5) is 10.5. The van der Waals surface area contributed by atoms with Crippen molar-refractivity contribution < 1.29 is 23.4 Å². The highest BCUT2D eigenvalue weighted by molar-refractivity contribution is 7.89. The Morgan fingerprint density at radius 3 is 2.56 bits per heavy atom. The van der Waals surface area contributed by atoms with Crippen LogP contribution in [0.25, 0.3) is 0 Å². The normalized spacial score (nSPS) is 13.2. The van der Waals surface area contributed by atoms with Crippen molar-refractivity contribution in [2.45, 2.75) is 24.3 Å². The number of carboxylic acid groups (broad SMARTS) is 1. The van der Waals surface area contributed by atoms with Crippen molar-refractivity contribution >= 4 is 16.0 Å². The maximum Gasteiger partial charge on any atom is 0.332 e. The number of benzene rings is 1. The van der Waals surface area contributed by atoms with Gasteiger partial charge in [0.25, 0.3) is 0 Å². The lowest BCUT2D eigenvalue weighted by Crippen LogP contribution is -2.30. The molecule has 0 aromatic heterocycles. The number of sulfonamides is 1. The lowest BCUT2D eigenvalue weighted by Gasteiger charge is -2.10. The van der Waals surface area contributed by atoms with E-state index in [2.05, 4.69) is 4.72 Å². The van der Waals surface area contributed by atoms with Gasteiger partial charge in [0.1, 0.15) is 0 Å². The summed E-state index contributed by atoms with van der Waals surface area (Å²) in [7, 11) is -3.67. The number of nitrogens with one attached hydrogen (secondary N) is 1. The molecule has 6 nitrogen and oxygen atoms in total. The smallest absolute Gasteiger partial charge is 0.332 e. The van der Waals surface area contributed by atoms with Crippen molar-refractivity contribution in [2.75, 3.05) is 6.54 Å². The first kappa shape index (κ1) is 14.6. The van der Waals surface area contributed by atoms with Crippen LogP contribution in [-0.4, -0.2) is 37.2 Å². The van der Waals surface area contributed by atoms with Gasteiger partial charge in [0, 0.05) is 6.54 Å². The third-order valence-corrected chi connectivity index (χ3v) is 4.00. The number of carbonyl (C=O) groups is 1. The molecular weight excluding hydrogens is 258 g/mol. The Balaban J connectivity index is 2.67. The standard InChI is InChI=1S/C11H15NO5S/c1-8-4-2-3-5-10(8)18(16,17)12-7-6-9(13)11(14)15/h2-5,9,12-13H,6-7H2,1H3,(H,14,15)/t9-/m0/s1. The quantitative estimate of drug-likeness (QED) is 0.682. The largest absolute Gasteiger partial charge is 0.479 e. The van der Waals surface area contributed by atoms with Crippen LogP contribution in [0.2, 0.25) is 0 Å². The van der Waals surface area contributed by atoms with Crippen LogP contribution in [0.4, 0.5) is 0 Å². The van der Waals surface area contributed by atoms with E-state index >= 15 is 0 Å². The van der Waals surface area contributed by atoms with Gasteiger partial charge in [-0.25, -0.2) is 17.9 Å². The summed E-state index contributed by atoms with van der Waals surface area (Å²) in [5.74, 6) is -1.37. The average molecular weight is 273 g/mol. The van der Waals surface area contributed by atoms with Crippen LogP contribution in [0.5, 0.6) is 0 Å². The summed E-state index contributed by atoms with van der Waals surface area (Å²) < 4.78 is 26.0. The van der Waals surface area contributed by atoms with Crippen LogP contribution in [0.1, 0.15) is 12.0 Å². The average Bonchev–Trinajstić information content (AvgIpc) is 2.28. The molecule has 0 heterocycles. The maximum atomic E-state index is 11.9. The first-order chi connectivity index (χ1) is 8.34. The Morgan fingerprint density at radius 2 is 2.00 bits per heavy atom. The van der Waals surface area contributed by atoms with Gasteiger partial charge < -0.3 is 10.2 Å². The van der Waals surface area contributed by atoms with Crippen LogP contribution >= 0.6 is 0 Å². The fourth-order valence-corrected chi connectivity index (χ4v) is 2.68. The van der Waals surface area contributed by atoms with E-state index in [0.717, 1.165) is 0 Å². The molecule has 0 radical (unpaired) electrons. The number of carboxylic acids is 1. The Labute approximate surface area is 105 Å². The fourth-order valence-electron chi connectivity index (χ4n) is 1.39. The maximum absolute atomic E-state index is 11.9. The molecule has 0 aliphatic carbocycles. The van der Waals surface area contributed by atoms with Crippen molar-refractivity contribution in [2.24, 2.45) is 0 Å². The molecule has 7 heteroatoms. The molecule has 0 aliphatic rings. The highest BCUT2D eigenvalue weighted by Crippen LogP contribution is 2.13. The third-order valence-electron chi connectivity index (χ3n) is 2.38. The van der Waals surface area contributed by atoms with Gasteiger partial charge in [-0.05, 0) is 25.0 Å². The number of aliphatic carboxylic acids is 1. The number of aliphatic hydroxyl groups excluding tert-OH is 1. The monoisotopic (exact) mass is 273 g/mol. The minimum atomic E-state index is -3.67. The Hall–Kier alpha value is -1.44. The molecule has 100 valence electrons. The van der Waals surface area contributed by atoms with Gasteiger partial charge in [-0.3, -0.25) is 0 Å². The molecule has 3 N–H and O–H groups in total.